The predicted octanol–water partition coefficient (Wildman–Crippen LogP) is 3.24. The lowest BCUT2D eigenvalue weighted by Gasteiger charge is -2.29. The van der Waals surface area contributed by atoms with Gasteiger partial charge in [-0.2, -0.15) is 8.78 Å². The van der Waals surface area contributed by atoms with E-state index in [-0.39, 0.29) is 41.2 Å². The average molecular weight is 525 g/mol. The number of hydrogen-bond donors (Lipinski definition) is 2. The van der Waals surface area contributed by atoms with Crippen LogP contribution in [0.4, 0.5) is 14.5 Å². The number of guanidine groups is 1. The highest BCUT2D eigenvalue weighted by Crippen LogP contribution is 2.31. The maximum Gasteiger partial charge on any atom is 0.387 e. The highest BCUT2D eigenvalue weighted by atomic mass is 127. The summed E-state index contributed by atoms with van der Waals surface area (Å²) < 4.78 is 30.0. The largest absolute Gasteiger partial charge is 0.433 e. The van der Waals surface area contributed by atoms with Crippen molar-refractivity contribution >= 4 is 35.6 Å². The number of hydrogen-bond acceptors (Lipinski definition) is 4. The molecule has 166 valence electrons. The summed E-state index contributed by atoms with van der Waals surface area (Å²) in [6.07, 6.45) is 0.894. The molecule has 1 atom stereocenters. The minimum Gasteiger partial charge on any atom is -0.433 e. The smallest absolute Gasteiger partial charge is 0.387 e. The van der Waals surface area contributed by atoms with Crippen LogP contribution in [0.5, 0.6) is 5.75 Å². The molecule has 1 aliphatic rings. The van der Waals surface area contributed by atoms with Crippen LogP contribution in [0, 0.1) is 5.41 Å². The number of halogens is 3. The Kier molecular flexibility index (Phi) is 10.4. The molecular formula is C20H34F2IN5O. The van der Waals surface area contributed by atoms with Gasteiger partial charge in [-0.3, -0.25) is 4.99 Å². The van der Waals surface area contributed by atoms with Gasteiger partial charge in [0.05, 0.1) is 5.69 Å². The molecule has 1 heterocycles. The van der Waals surface area contributed by atoms with Crippen LogP contribution < -0.4 is 20.3 Å². The van der Waals surface area contributed by atoms with Crippen LogP contribution in [0.3, 0.4) is 0 Å². The van der Waals surface area contributed by atoms with Crippen molar-refractivity contribution in [3.05, 3.63) is 24.3 Å². The number of anilines is 1. The lowest BCUT2D eigenvalue weighted by atomic mass is 9.93. The zero-order valence-corrected chi connectivity index (χ0v) is 20.2. The molecule has 0 saturated carbocycles. The SMILES string of the molecule is CN=C(NCC(C)(C)CN(C)C)NC1CCN(c2ccccc2OC(F)F)C1.I. The first-order valence-corrected chi connectivity index (χ1v) is 9.61. The second kappa shape index (κ2) is 11.7. The molecule has 1 aromatic carbocycles. The van der Waals surface area contributed by atoms with E-state index in [1.807, 2.05) is 12.1 Å². The fourth-order valence-electron chi connectivity index (χ4n) is 3.63. The number of rotatable bonds is 8. The molecule has 1 aromatic rings. The molecular weight excluding hydrogens is 491 g/mol. The van der Waals surface area contributed by atoms with E-state index >= 15 is 0 Å². The van der Waals surface area contributed by atoms with E-state index in [4.69, 9.17) is 0 Å². The van der Waals surface area contributed by atoms with Crippen LogP contribution in [-0.2, 0) is 0 Å². The number of nitrogens with zero attached hydrogens (tertiary/aromatic N) is 3. The lowest BCUT2D eigenvalue weighted by molar-refractivity contribution is -0.0495. The van der Waals surface area contributed by atoms with Crippen LogP contribution in [0.1, 0.15) is 20.3 Å². The number of alkyl halides is 2. The molecule has 1 fully saturated rings. The Hall–Kier alpha value is -1.36. The molecule has 2 N–H and O–H groups in total. The number of para-hydroxylation sites is 2. The van der Waals surface area contributed by atoms with Gasteiger partial charge in [0.15, 0.2) is 5.96 Å². The topological polar surface area (TPSA) is 52.1 Å². The minimum absolute atomic E-state index is 0. The van der Waals surface area contributed by atoms with Crippen LogP contribution in [-0.4, -0.2) is 70.8 Å². The van der Waals surface area contributed by atoms with Gasteiger partial charge in [0.2, 0.25) is 0 Å². The molecule has 0 spiro atoms. The Labute approximate surface area is 190 Å². The zero-order valence-electron chi connectivity index (χ0n) is 17.9. The van der Waals surface area contributed by atoms with E-state index in [1.165, 1.54) is 0 Å². The first-order chi connectivity index (χ1) is 13.2. The molecule has 0 bridgehead atoms. The Morgan fingerprint density at radius 3 is 2.66 bits per heavy atom. The van der Waals surface area contributed by atoms with E-state index in [2.05, 4.69) is 58.1 Å². The van der Waals surface area contributed by atoms with E-state index < -0.39 is 6.61 Å². The monoisotopic (exact) mass is 525 g/mol. The molecule has 0 amide bonds. The van der Waals surface area contributed by atoms with Crippen LogP contribution >= 0.6 is 24.0 Å². The second-order valence-corrected chi connectivity index (χ2v) is 8.25. The van der Waals surface area contributed by atoms with Crippen molar-refractivity contribution in [1.29, 1.82) is 0 Å². The van der Waals surface area contributed by atoms with E-state index in [0.29, 0.717) is 12.2 Å². The molecule has 1 unspecified atom stereocenters. The van der Waals surface area contributed by atoms with E-state index in [0.717, 1.165) is 32.0 Å². The van der Waals surface area contributed by atoms with Gasteiger partial charge in [0.1, 0.15) is 5.75 Å². The summed E-state index contributed by atoms with van der Waals surface area (Å²) in [7, 11) is 5.89. The van der Waals surface area contributed by atoms with Gasteiger partial charge in [-0.05, 0) is 38.1 Å². The molecule has 9 heteroatoms. The summed E-state index contributed by atoms with van der Waals surface area (Å²) in [4.78, 5) is 8.57. The highest BCUT2D eigenvalue weighted by Gasteiger charge is 2.26. The Morgan fingerprint density at radius 2 is 2.03 bits per heavy atom. The number of aliphatic imine (C=N–C) groups is 1. The quantitative estimate of drug-likeness (QED) is 0.310. The van der Waals surface area contributed by atoms with Crippen molar-refractivity contribution in [2.75, 3.05) is 52.2 Å². The summed E-state index contributed by atoms with van der Waals surface area (Å²) in [5.74, 6) is 0.974. The van der Waals surface area contributed by atoms with Crippen molar-refractivity contribution in [1.82, 2.24) is 15.5 Å². The van der Waals surface area contributed by atoms with Gasteiger partial charge >= 0.3 is 6.61 Å². The maximum atomic E-state index is 12.7. The van der Waals surface area contributed by atoms with E-state index in [1.54, 1.807) is 19.2 Å². The summed E-state index contributed by atoms with van der Waals surface area (Å²) in [6.45, 7) is 4.83. The lowest BCUT2D eigenvalue weighted by Crippen LogP contribution is -2.48. The van der Waals surface area contributed by atoms with Crippen molar-refractivity contribution < 1.29 is 13.5 Å². The minimum atomic E-state index is -2.83. The first-order valence-electron chi connectivity index (χ1n) is 9.61. The number of ether oxygens (including phenoxy) is 1. The third-order valence-electron chi connectivity index (χ3n) is 4.65. The van der Waals surface area contributed by atoms with Crippen LogP contribution in [0.25, 0.3) is 0 Å². The maximum absolute atomic E-state index is 12.7. The van der Waals surface area contributed by atoms with Crippen LogP contribution in [0.2, 0.25) is 0 Å². The molecule has 0 aromatic heterocycles. The predicted molar refractivity (Wildman–Crippen MR) is 126 cm³/mol. The molecule has 1 saturated heterocycles. The summed E-state index contributed by atoms with van der Waals surface area (Å²) in [5, 5.41) is 6.85. The summed E-state index contributed by atoms with van der Waals surface area (Å²) >= 11 is 0. The summed E-state index contributed by atoms with van der Waals surface area (Å²) in [6, 6.07) is 7.12. The van der Waals surface area contributed by atoms with Gasteiger partial charge in [-0.15, -0.1) is 24.0 Å². The number of nitrogens with one attached hydrogen (secondary N) is 2. The zero-order chi connectivity index (χ0) is 20.7. The number of benzene rings is 1. The molecule has 6 nitrogen and oxygen atoms in total. The third-order valence-corrected chi connectivity index (χ3v) is 4.65. The normalized spacial score (nSPS) is 17.5. The van der Waals surface area contributed by atoms with Gasteiger partial charge in [-0.1, -0.05) is 26.0 Å². The van der Waals surface area contributed by atoms with Gasteiger partial charge in [0, 0.05) is 39.3 Å². The summed E-state index contributed by atoms with van der Waals surface area (Å²) in [5.41, 5.74) is 0.802. The van der Waals surface area contributed by atoms with Gasteiger partial charge in [0.25, 0.3) is 0 Å². The van der Waals surface area contributed by atoms with E-state index in [9.17, 15) is 8.78 Å². The Balaban J connectivity index is 0.00000420. The third kappa shape index (κ3) is 8.49. The van der Waals surface area contributed by atoms with Crippen molar-refractivity contribution in [2.24, 2.45) is 10.4 Å². The Bertz CT molecular complexity index is 658. The van der Waals surface area contributed by atoms with Crippen LogP contribution in [0.15, 0.2) is 29.3 Å². The van der Waals surface area contributed by atoms with Gasteiger partial charge < -0.3 is 25.2 Å². The fourth-order valence-corrected chi connectivity index (χ4v) is 3.63. The van der Waals surface area contributed by atoms with Crippen molar-refractivity contribution in [3.8, 4) is 5.75 Å². The molecule has 29 heavy (non-hydrogen) atoms. The fraction of sp³-hybridized carbons (Fsp3) is 0.650. The van der Waals surface area contributed by atoms with Crippen molar-refractivity contribution in [2.45, 2.75) is 32.9 Å². The standard InChI is InChI=1S/C20H33F2N5O.HI/c1-20(2,14-26(4)5)13-24-19(23-3)25-15-10-11-27(12-15)16-8-6-7-9-17(16)28-18(21)22;/h6-9,15,18H,10-14H2,1-5H3,(H2,23,24,25);1H. The van der Waals surface area contributed by atoms with Gasteiger partial charge in [-0.25, -0.2) is 0 Å². The molecule has 1 aliphatic heterocycles. The Morgan fingerprint density at radius 1 is 1.34 bits per heavy atom. The van der Waals surface area contributed by atoms with Crippen molar-refractivity contribution in [3.63, 3.8) is 0 Å². The molecule has 0 radical (unpaired) electrons. The molecule has 0 aliphatic carbocycles. The average Bonchev–Trinajstić information content (AvgIpc) is 3.05. The second-order valence-electron chi connectivity index (χ2n) is 8.25. The highest BCUT2D eigenvalue weighted by molar-refractivity contribution is 14.0. The first kappa shape index (κ1) is 25.7. The molecule has 2 rings (SSSR count).